The lowest BCUT2D eigenvalue weighted by atomic mass is 10.3. The molecule has 0 bridgehead atoms. The third-order valence-corrected chi connectivity index (χ3v) is 5.13. The zero-order valence-electron chi connectivity index (χ0n) is 14.7. The molecule has 3 rings (SSSR count). The van der Waals surface area contributed by atoms with E-state index in [1.165, 1.54) is 42.3 Å². The van der Waals surface area contributed by atoms with E-state index in [1.54, 1.807) is 37.5 Å². The van der Waals surface area contributed by atoms with Crippen LogP contribution in [0.5, 0.6) is 5.75 Å². The number of aromatic nitrogens is 2. The van der Waals surface area contributed by atoms with Crippen molar-refractivity contribution >= 4 is 27.3 Å². The summed E-state index contributed by atoms with van der Waals surface area (Å²) in [5.74, 6) is 0.307. The van der Waals surface area contributed by atoms with E-state index in [0.717, 1.165) is 0 Å². The van der Waals surface area contributed by atoms with Gasteiger partial charge in [-0.25, -0.2) is 8.42 Å². The maximum Gasteiger partial charge on any atom is 0.261 e. The first-order valence-electron chi connectivity index (χ1n) is 7.94. The van der Waals surface area contributed by atoms with Crippen LogP contribution in [0.4, 0.5) is 11.4 Å². The number of hydrogen-bond donors (Lipinski definition) is 2. The van der Waals surface area contributed by atoms with E-state index >= 15 is 0 Å². The Bertz CT molecular complexity index is 1040. The van der Waals surface area contributed by atoms with Crippen LogP contribution in [0.25, 0.3) is 0 Å². The largest absolute Gasteiger partial charge is 0.497 e. The van der Waals surface area contributed by atoms with Gasteiger partial charge < -0.3 is 10.1 Å². The van der Waals surface area contributed by atoms with Gasteiger partial charge in [-0.1, -0.05) is 0 Å². The number of aryl methyl sites for hydroxylation is 1. The summed E-state index contributed by atoms with van der Waals surface area (Å²) in [6.45, 7) is 0. The fraction of sp³-hybridized carbons (Fsp3) is 0.111. The molecule has 0 atom stereocenters. The molecule has 0 aliphatic heterocycles. The van der Waals surface area contributed by atoms with Crippen molar-refractivity contribution in [1.82, 2.24) is 9.78 Å². The van der Waals surface area contributed by atoms with Gasteiger partial charge in [0.2, 0.25) is 0 Å². The standard InChI is InChI=1S/C18H18N4O4S/c1-22-12-13(11-19-22)18(23)20-14-5-9-17(10-6-14)27(24,25)21-15-3-7-16(26-2)8-4-15/h3-12,21H,1-2H3,(H,20,23). The van der Waals surface area contributed by atoms with Crippen molar-refractivity contribution in [2.75, 3.05) is 17.1 Å². The minimum Gasteiger partial charge on any atom is -0.497 e. The van der Waals surface area contributed by atoms with Crippen LogP contribution in [-0.2, 0) is 17.1 Å². The van der Waals surface area contributed by atoms with Crippen LogP contribution in [0.1, 0.15) is 10.4 Å². The number of nitrogens with zero attached hydrogens (tertiary/aromatic N) is 2. The molecule has 9 heteroatoms. The van der Waals surface area contributed by atoms with E-state index in [1.807, 2.05) is 0 Å². The van der Waals surface area contributed by atoms with Crippen molar-refractivity contribution in [3.8, 4) is 5.75 Å². The van der Waals surface area contributed by atoms with Crippen LogP contribution in [-0.4, -0.2) is 31.2 Å². The van der Waals surface area contributed by atoms with Gasteiger partial charge in [-0.3, -0.25) is 14.2 Å². The Hall–Kier alpha value is -3.33. The highest BCUT2D eigenvalue weighted by Crippen LogP contribution is 2.20. The Morgan fingerprint density at radius 3 is 2.22 bits per heavy atom. The average Bonchev–Trinajstić information content (AvgIpc) is 3.09. The number of ether oxygens (including phenoxy) is 1. The van der Waals surface area contributed by atoms with Gasteiger partial charge >= 0.3 is 0 Å². The maximum atomic E-state index is 12.5. The van der Waals surface area contributed by atoms with Crippen LogP contribution >= 0.6 is 0 Å². The number of carbonyl (C=O) groups excluding carboxylic acids is 1. The number of amides is 1. The van der Waals surface area contributed by atoms with Crippen LogP contribution in [0.3, 0.4) is 0 Å². The lowest BCUT2D eigenvalue weighted by Gasteiger charge is -2.10. The van der Waals surface area contributed by atoms with Crippen molar-refractivity contribution in [3.05, 3.63) is 66.5 Å². The third-order valence-electron chi connectivity index (χ3n) is 3.73. The molecule has 0 saturated heterocycles. The van der Waals surface area contributed by atoms with E-state index in [0.29, 0.717) is 22.7 Å². The van der Waals surface area contributed by atoms with Crippen LogP contribution in [0, 0.1) is 0 Å². The molecule has 0 spiro atoms. The van der Waals surface area contributed by atoms with E-state index in [-0.39, 0.29) is 10.8 Å². The van der Waals surface area contributed by atoms with Crippen LogP contribution in [0.15, 0.2) is 65.8 Å². The number of nitrogens with one attached hydrogen (secondary N) is 2. The molecule has 2 N–H and O–H groups in total. The fourth-order valence-electron chi connectivity index (χ4n) is 2.33. The molecule has 8 nitrogen and oxygen atoms in total. The van der Waals surface area contributed by atoms with Gasteiger partial charge in [0.25, 0.3) is 15.9 Å². The normalized spacial score (nSPS) is 11.0. The number of rotatable bonds is 6. The molecule has 2 aromatic carbocycles. The second-order valence-electron chi connectivity index (χ2n) is 5.72. The second kappa shape index (κ2) is 7.50. The highest BCUT2D eigenvalue weighted by molar-refractivity contribution is 7.92. The number of hydrogen-bond acceptors (Lipinski definition) is 5. The van der Waals surface area contributed by atoms with Crippen LogP contribution in [0.2, 0.25) is 0 Å². The van der Waals surface area contributed by atoms with Crippen molar-refractivity contribution < 1.29 is 17.9 Å². The summed E-state index contributed by atoms with van der Waals surface area (Å²) in [5.41, 5.74) is 1.31. The summed E-state index contributed by atoms with van der Waals surface area (Å²) in [6, 6.07) is 12.4. The molecule has 140 valence electrons. The van der Waals surface area contributed by atoms with Crippen LogP contribution < -0.4 is 14.8 Å². The number of benzene rings is 2. The molecule has 0 aliphatic carbocycles. The molecule has 27 heavy (non-hydrogen) atoms. The average molecular weight is 386 g/mol. The third kappa shape index (κ3) is 4.45. The Morgan fingerprint density at radius 2 is 1.67 bits per heavy atom. The molecule has 0 saturated carbocycles. The van der Waals surface area contributed by atoms with Crippen molar-refractivity contribution in [1.29, 1.82) is 0 Å². The van der Waals surface area contributed by atoms with Gasteiger partial charge in [-0.05, 0) is 48.5 Å². The topological polar surface area (TPSA) is 102 Å². The Morgan fingerprint density at radius 1 is 1.04 bits per heavy atom. The second-order valence-corrected chi connectivity index (χ2v) is 7.40. The summed E-state index contributed by atoms with van der Waals surface area (Å²) < 4.78 is 34.0. The van der Waals surface area contributed by atoms with Crippen molar-refractivity contribution in [3.63, 3.8) is 0 Å². The summed E-state index contributed by atoms with van der Waals surface area (Å²) in [4.78, 5) is 12.2. The molecule has 0 unspecified atom stereocenters. The molecular formula is C18H18N4O4S. The predicted molar refractivity (Wildman–Crippen MR) is 101 cm³/mol. The monoisotopic (exact) mass is 386 g/mol. The molecule has 1 heterocycles. The quantitative estimate of drug-likeness (QED) is 0.678. The Labute approximate surface area is 156 Å². The molecule has 1 amide bonds. The van der Waals surface area contributed by atoms with Gasteiger partial charge in [-0.2, -0.15) is 5.10 Å². The minimum atomic E-state index is -3.74. The predicted octanol–water partition coefficient (Wildman–Crippen LogP) is 2.48. The maximum absolute atomic E-state index is 12.5. The highest BCUT2D eigenvalue weighted by atomic mass is 32.2. The Kier molecular flexibility index (Phi) is 5.13. The molecule has 0 radical (unpaired) electrons. The zero-order valence-corrected chi connectivity index (χ0v) is 15.5. The van der Waals surface area contributed by atoms with Gasteiger partial charge in [0, 0.05) is 24.6 Å². The minimum absolute atomic E-state index is 0.0812. The zero-order chi connectivity index (χ0) is 19.4. The molecule has 0 fully saturated rings. The lowest BCUT2D eigenvalue weighted by Crippen LogP contribution is -2.14. The van der Waals surface area contributed by atoms with E-state index in [4.69, 9.17) is 4.74 Å². The first kappa shape index (κ1) is 18.5. The fourth-order valence-corrected chi connectivity index (χ4v) is 3.39. The number of anilines is 2. The first-order chi connectivity index (χ1) is 12.9. The molecule has 1 aromatic heterocycles. The Balaban J connectivity index is 1.70. The molecular weight excluding hydrogens is 368 g/mol. The summed E-state index contributed by atoms with van der Waals surface area (Å²) in [5, 5.41) is 6.63. The van der Waals surface area contributed by atoms with Gasteiger partial charge in [0.1, 0.15) is 5.75 Å². The summed E-state index contributed by atoms with van der Waals surface area (Å²) >= 11 is 0. The lowest BCUT2D eigenvalue weighted by molar-refractivity contribution is 0.102. The number of methoxy groups -OCH3 is 1. The van der Waals surface area contributed by atoms with Gasteiger partial charge in [0.15, 0.2) is 0 Å². The molecule has 0 aliphatic rings. The van der Waals surface area contributed by atoms with E-state index in [9.17, 15) is 13.2 Å². The highest BCUT2D eigenvalue weighted by Gasteiger charge is 2.15. The van der Waals surface area contributed by atoms with E-state index < -0.39 is 10.0 Å². The van der Waals surface area contributed by atoms with Crippen molar-refractivity contribution in [2.24, 2.45) is 7.05 Å². The van der Waals surface area contributed by atoms with Crippen molar-refractivity contribution in [2.45, 2.75) is 4.90 Å². The SMILES string of the molecule is COc1ccc(NS(=O)(=O)c2ccc(NC(=O)c3cnn(C)c3)cc2)cc1. The van der Waals surface area contributed by atoms with Gasteiger partial charge in [-0.15, -0.1) is 0 Å². The molecule has 3 aromatic rings. The summed E-state index contributed by atoms with van der Waals surface area (Å²) in [7, 11) is -0.494. The van der Waals surface area contributed by atoms with Gasteiger partial charge in [0.05, 0.1) is 23.8 Å². The number of carbonyl (C=O) groups is 1. The van der Waals surface area contributed by atoms with E-state index in [2.05, 4.69) is 15.1 Å². The number of sulfonamides is 1. The first-order valence-corrected chi connectivity index (χ1v) is 9.42. The summed E-state index contributed by atoms with van der Waals surface area (Å²) in [6.07, 6.45) is 3.04. The smallest absolute Gasteiger partial charge is 0.261 e.